The van der Waals surface area contributed by atoms with Gasteiger partial charge in [0, 0.05) is 12.1 Å². The highest BCUT2D eigenvalue weighted by Gasteiger charge is 2.15. The van der Waals surface area contributed by atoms with Gasteiger partial charge in [-0.25, -0.2) is 0 Å². The van der Waals surface area contributed by atoms with Gasteiger partial charge in [0.1, 0.15) is 5.00 Å². The quantitative estimate of drug-likeness (QED) is 0.692. The molecule has 0 aliphatic heterocycles. The number of hydrogen-bond acceptors (Lipinski definition) is 4. The second kappa shape index (κ2) is 9.50. The van der Waals surface area contributed by atoms with Crippen LogP contribution in [0.5, 0.6) is 0 Å². The zero-order valence-electron chi connectivity index (χ0n) is 15.8. The molecule has 2 aromatic rings. The summed E-state index contributed by atoms with van der Waals surface area (Å²) in [5.74, 6) is 0.0621. The minimum atomic E-state index is -0.204. The summed E-state index contributed by atoms with van der Waals surface area (Å²) in [7, 11) is 4.00. The maximum Gasteiger partial charge on any atom is 0.256 e. The number of carbonyl (C=O) groups is 2. The molecule has 26 heavy (non-hydrogen) atoms. The Labute approximate surface area is 159 Å². The fourth-order valence-corrected chi connectivity index (χ4v) is 3.25. The summed E-state index contributed by atoms with van der Waals surface area (Å²) < 4.78 is 0. The topological polar surface area (TPSA) is 61.4 Å². The summed E-state index contributed by atoms with van der Waals surface area (Å²) in [6.45, 7) is 5.76. The average molecular weight is 374 g/mol. The van der Waals surface area contributed by atoms with Gasteiger partial charge in [-0.3, -0.25) is 9.59 Å². The second-order valence-corrected chi connectivity index (χ2v) is 7.72. The molecular weight excluding hydrogens is 346 g/mol. The number of hydrogen-bond donors (Lipinski definition) is 2. The third-order valence-corrected chi connectivity index (χ3v) is 4.87. The standard InChI is InChI=1S/C20H27N3O2S/c1-14(2)15-6-8-16(9-7-15)18(24)22-20-17(10-13-26-20)19(25)21-11-5-12-23(3)4/h6-10,13-14H,5,11-12H2,1-4H3,(H,21,25)(H,22,24). The van der Waals surface area contributed by atoms with E-state index in [0.717, 1.165) is 13.0 Å². The van der Waals surface area contributed by atoms with Crippen molar-refractivity contribution in [3.8, 4) is 0 Å². The summed E-state index contributed by atoms with van der Waals surface area (Å²) in [5.41, 5.74) is 2.28. The minimum absolute atomic E-state index is 0.157. The van der Waals surface area contributed by atoms with Gasteiger partial charge in [0.05, 0.1) is 5.56 Å². The Hall–Kier alpha value is -2.18. The SMILES string of the molecule is CC(C)c1ccc(C(=O)Nc2sccc2C(=O)NCCCN(C)C)cc1. The van der Waals surface area contributed by atoms with Crippen LogP contribution in [0.1, 0.15) is 52.5 Å². The van der Waals surface area contributed by atoms with Gasteiger partial charge in [0.15, 0.2) is 0 Å². The average Bonchev–Trinajstić information content (AvgIpc) is 3.06. The van der Waals surface area contributed by atoms with E-state index in [2.05, 4.69) is 29.4 Å². The molecular formula is C20H27N3O2S. The molecule has 1 heterocycles. The van der Waals surface area contributed by atoms with Crippen LogP contribution < -0.4 is 10.6 Å². The Morgan fingerprint density at radius 2 is 1.77 bits per heavy atom. The van der Waals surface area contributed by atoms with Gasteiger partial charge in [-0.1, -0.05) is 26.0 Å². The maximum atomic E-state index is 12.5. The number of thiophene rings is 1. The van der Waals surface area contributed by atoms with Crippen molar-refractivity contribution < 1.29 is 9.59 Å². The molecule has 2 rings (SSSR count). The molecule has 0 saturated carbocycles. The highest BCUT2D eigenvalue weighted by atomic mass is 32.1. The predicted octanol–water partition coefficient (Wildman–Crippen LogP) is 3.81. The molecule has 0 bridgehead atoms. The smallest absolute Gasteiger partial charge is 0.256 e. The van der Waals surface area contributed by atoms with Crippen molar-refractivity contribution in [1.29, 1.82) is 0 Å². The van der Waals surface area contributed by atoms with Crippen molar-refractivity contribution >= 4 is 28.2 Å². The van der Waals surface area contributed by atoms with Gasteiger partial charge < -0.3 is 15.5 Å². The lowest BCUT2D eigenvalue weighted by atomic mass is 10.0. The fourth-order valence-electron chi connectivity index (χ4n) is 2.47. The van der Waals surface area contributed by atoms with Gasteiger partial charge in [-0.15, -0.1) is 11.3 Å². The Morgan fingerprint density at radius 3 is 2.38 bits per heavy atom. The number of anilines is 1. The summed E-state index contributed by atoms with van der Waals surface area (Å²) in [4.78, 5) is 26.9. The van der Waals surface area contributed by atoms with Crippen LogP contribution in [0.25, 0.3) is 0 Å². The summed E-state index contributed by atoms with van der Waals surface area (Å²) in [5, 5.41) is 8.15. The lowest BCUT2D eigenvalue weighted by Crippen LogP contribution is -2.27. The van der Waals surface area contributed by atoms with Crippen LogP contribution in [0.4, 0.5) is 5.00 Å². The number of carbonyl (C=O) groups excluding carboxylic acids is 2. The molecule has 2 amide bonds. The lowest BCUT2D eigenvalue weighted by molar-refractivity contribution is 0.0953. The van der Waals surface area contributed by atoms with Crippen molar-refractivity contribution in [3.63, 3.8) is 0 Å². The van der Waals surface area contributed by atoms with Gasteiger partial charge in [-0.05, 0) is 62.1 Å². The number of amides is 2. The molecule has 5 nitrogen and oxygen atoms in total. The molecule has 0 fully saturated rings. The normalized spacial score (nSPS) is 11.0. The van der Waals surface area contributed by atoms with Crippen LogP contribution in [0.2, 0.25) is 0 Å². The molecule has 0 saturated heterocycles. The van der Waals surface area contributed by atoms with Crippen LogP contribution in [0.3, 0.4) is 0 Å². The third-order valence-electron chi connectivity index (χ3n) is 4.04. The highest BCUT2D eigenvalue weighted by Crippen LogP contribution is 2.24. The Bertz CT molecular complexity index is 736. The maximum absolute atomic E-state index is 12.5. The summed E-state index contributed by atoms with van der Waals surface area (Å²) in [6, 6.07) is 9.31. The first-order valence-corrected chi connectivity index (χ1v) is 9.68. The molecule has 0 atom stereocenters. The van der Waals surface area contributed by atoms with Gasteiger partial charge in [0.2, 0.25) is 0 Å². The Morgan fingerprint density at radius 1 is 1.08 bits per heavy atom. The first-order valence-electron chi connectivity index (χ1n) is 8.80. The van der Waals surface area contributed by atoms with Gasteiger partial charge >= 0.3 is 0 Å². The van der Waals surface area contributed by atoms with E-state index in [1.807, 2.05) is 43.7 Å². The highest BCUT2D eigenvalue weighted by molar-refractivity contribution is 7.14. The summed E-state index contributed by atoms with van der Waals surface area (Å²) >= 11 is 1.35. The van der Waals surface area contributed by atoms with Crippen molar-refractivity contribution in [2.24, 2.45) is 0 Å². The van der Waals surface area contributed by atoms with Crippen molar-refractivity contribution in [2.45, 2.75) is 26.2 Å². The lowest BCUT2D eigenvalue weighted by Gasteiger charge is -2.11. The van der Waals surface area contributed by atoms with E-state index in [4.69, 9.17) is 0 Å². The molecule has 0 unspecified atom stereocenters. The molecule has 140 valence electrons. The van der Waals surface area contributed by atoms with E-state index in [9.17, 15) is 9.59 Å². The first kappa shape index (κ1) is 20.1. The van der Waals surface area contributed by atoms with Gasteiger partial charge in [-0.2, -0.15) is 0 Å². The van der Waals surface area contributed by atoms with Crippen LogP contribution in [0, 0.1) is 0 Å². The number of rotatable bonds is 8. The molecule has 0 radical (unpaired) electrons. The molecule has 0 spiro atoms. The number of nitrogens with zero attached hydrogens (tertiary/aromatic N) is 1. The van der Waals surface area contributed by atoms with E-state index >= 15 is 0 Å². The van der Waals surface area contributed by atoms with E-state index in [0.29, 0.717) is 28.6 Å². The van der Waals surface area contributed by atoms with Crippen LogP contribution in [-0.4, -0.2) is 43.9 Å². The predicted molar refractivity (Wildman–Crippen MR) is 108 cm³/mol. The minimum Gasteiger partial charge on any atom is -0.352 e. The monoisotopic (exact) mass is 373 g/mol. The zero-order valence-corrected chi connectivity index (χ0v) is 16.7. The van der Waals surface area contributed by atoms with Crippen molar-refractivity contribution in [2.75, 3.05) is 32.5 Å². The number of benzene rings is 1. The molecule has 1 aromatic heterocycles. The summed E-state index contributed by atoms with van der Waals surface area (Å²) in [6.07, 6.45) is 0.882. The van der Waals surface area contributed by atoms with Crippen molar-refractivity contribution in [3.05, 3.63) is 52.4 Å². The van der Waals surface area contributed by atoms with E-state index < -0.39 is 0 Å². The van der Waals surface area contributed by atoms with Crippen molar-refractivity contribution in [1.82, 2.24) is 10.2 Å². The van der Waals surface area contributed by atoms with Crippen LogP contribution in [0.15, 0.2) is 35.7 Å². The van der Waals surface area contributed by atoms with Crippen LogP contribution in [-0.2, 0) is 0 Å². The second-order valence-electron chi connectivity index (χ2n) is 6.81. The molecule has 2 N–H and O–H groups in total. The van der Waals surface area contributed by atoms with E-state index in [1.54, 1.807) is 6.07 Å². The zero-order chi connectivity index (χ0) is 19.1. The van der Waals surface area contributed by atoms with E-state index in [1.165, 1.54) is 16.9 Å². The third kappa shape index (κ3) is 5.68. The molecule has 0 aliphatic rings. The van der Waals surface area contributed by atoms with Crippen LogP contribution >= 0.6 is 11.3 Å². The Kier molecular flexibility index (Phi) is 7.36. The molecule has 1 aromatic carbocycles. The fraction of sp³-hybridized carbons (Fsp3) is 0.400. The molecule has 6 heteroatoms. The largest absolute Gasteiger partial charge is 0.352 e. The Balaban J connectivity index is 1.96. The van der Waals surface area contributed by atoms with E-state index in [-0.39, 0.29) is 11.8 Å². The first-order chi connectivity index (χ1) is 12.4. The number of nitrogens with one attached hydrogen (secondary N) is 2. The molecule has 0 aliphatic carbocycles. The van der Waals surface area contributed by atoms with Gasteiger partial charge in [0.25, 0.3) is 11.8 Å².